The summed E-state index contributed by atoms with van der Waals surface area (Å²) in [5.74, 6) is 0.717. The van der Waals surface area contributed by atoms with Crippen LogP contribution in [-0.2, 0) is 24.4 Å². The maximum atomic E-state index is 14.1. The van der Waals surface area contributed by atoms with E-state index in [1.807, 2.05) is 36.5 Å². The number of quaternary nitrogens is 1. The Hall–Kier alpha value is -2.63. The standard InChI is InChI=1S/C24H29FN2O2/c1-28-15-7-13-26(17-20-8-5-11-23(16-20)29-2)19-22-10-6-14-27(22)18-21-9-3-4-12-24(21)25/h3-6,8-12,14,16H,7,13,15,17-19H2,1-2H3/p+1. The summed E-state index contributed by atoms with van der Waals surface area (Å²) in [4.78, 5) is 1.43. The number of halogens is 1. The molecule has 0 saturated heterocycles. The van der Waals surface area contributed by atoms with Crippen LogP contribution in [0.1, 0.15) is 23.2 Å². The van der Waals surface area contributed by atoms with Crippen LogP contribution in [0.25, 0.3) is 0 Å². The molecule has 1 aromatic heterocycles. The maximum absolute atomic E-state index is 14.1. The highest BCUT2D eigenvalue weighted by Gasteiger charge is 2.14. The molecule has 29 heavy (non-hydrogen) atoms. The Kier molecular flexibility index (Phi) is 7.85. The number of aromatic nitrogens is 1. The lowest BCUT2D eigenvalue weighted by Gasteiger charge is -2.21. The summed E-state index contributed by atoms with van der Waals surface area (Å²) in [7, 11) is 3.43. The number of hydrogen-bond acceptors (Lipinski definition) is 2. The summed E-state index contributed by atoms with van der Waals surface area (Å²) < 4.78 is 26.9. The molecule has 1 heterocycles. The molecule has 4 nitrogen and oxygen atoms in total. The molecule has 0 aliphatic heterocycles. The Morgan fingerprint density at radius 1 is 0.966 bits per heavy atom. The molecule has 0 aliphatic rings. The van der Waals surface area contributed by atoms with Gasteiger partial charge >= 0.3 is 0 Å². The summed E-state index contributed by atoms with van der Waals surface area (Å²) >= 11 is 0. The molecule has 0 radical (unpaired) electrons. The predicted octanol–water partition coefficient (Wildman–Crippen LogP) is 3.31. The Balaban J connectivity index is 1.73. The zero-order valence-electron chi connectivity index (χ0n) is 17.2. The first-order valence-electron chi connectivity index (χ1n) is 10.0. The molecule has 0 aliphatic carbocycles. The first-order valence-corrected chi connectivity index (χ1v) is 10.0. The van der Waals surface area contributed by atoms with Crippen molar-refractivity contribution in [2.75, 3.05) is 27.4 Å². The maximum Gasteiger partial charge on any atom is 0.128 e. The number of methoxy groups -OCH3 is 2. The monoisotopic (exact) mass is 397 g/mol. The van der Waals surface area contributed by atoms with Crippen LogP contribution in [0.5, 0.6) is 5.75 Å². The van der Waals surface area contributed by atoms with Gasteiger partial charge in [-0.05, 0) is 30.3 Å². The minimum Gasteiger partial charge on any atom is -0.497 e. The van der Waals surface area contributed by atoms with E-state index in [9.17, 15) is 4.39 Å². The fourth-order valence-electron chi connectivity index (χ4n) is 3.61. The average Bonchev–Trinajstić information content (AvgIpc) is 3.16. The van der Waals surface area contributed by atoms with Crippen molar-refractivity contribution in [2.45, 2.75) is 26.1 Å². The molecule has 2 aromatic carbocycles. The highest BCUT2D eigenvalue weighted by atomic mass is 19.1. The number of nitrogens with one attached hydrogen (secondary N) is 1. The van der Waals surface area contributed by atoms with E-state index in [1.165, 1.54) is 22.2 Å². The Morgan fingerprint density at radius 3 is 2.62 bits per heavy atom. The van der Waals surface area contributed by atoms with Gasteiger partial charge in [0.25, 0.3) is 0 Å². The van der Waals surface area contributed by atoms with Crippen molar-refractivity contribution in [3.63, 3.8) is 0 Å². The molecule has 1 atom stereocenters. The second-order valence-corrected chi connectivity index (χ2v) is 7.27. The van der Waals surface area contributed by atoms with Crippen LogP contribution in [0, 0.1) is 5.82 Å². The van der Waals surface area contributed by atoms with E-state index in [2.05, 4.69) is 22.8 Å². The van der Waals surface area contributed by atoms with Crippen molar-refractivity contribution in [1.29, 1.82) is 0 Å². The minimum absolute atomic E-state index is 0.159. The highest BCUT2D eigenvalue weighted by Crippen LogP contribution is 2.13. The third-order valence-corrected chi connectivity index (χ3v) is 5.12. The largest absolute Gasteiger partial charge is 0.497 e. The van der Waals surface area contributed by atoms with Crippen LogP contribution in [0.3, 0.4) is 0 Å². The topological polar surface area (TPSA) is 27.8 Å². The molecule has 1 N–H and O–H groups in total. The molecule has 3 rings (SSSR count). The Bertz CT molecular complexity index is 894. The Morgan fingerprint density at radius 2 is 1.83 bits per heavy atom. The normalized spacial score (nSPS) is 12.1. The van der Waals surface area contributed by atoms with Gasteiger partial charge in [0.05, 0.1) is 32.5 Å². The van der Waals surface area contributed by atoms with Gasteiger partial charge in [-0.15, -0.1) is 0 Å². The predicted molar refractivity (Wildman–Crippen MR) is 113 cm³/mol. The summed E-state index contributed by atoms with van der Waals surface area (Å²) in [5, 5.41) is 0. The van der Waals surface area contributed by atoms with Crippen molar-refractivity contribution >= 4 is 0 Å². The van der Waals surface area contributed by atoms with Crippen molar-refractivity contribution < 1.29 is 18.8 Å². The van der Waals surface area contributed by atoms with Crippen molar-refractivity contribution in [3.8, 4) is 5.75 Å². The molecule has 0 spiro atoms. The molecule has 1 unspecified atom stereocenters. The van der Waals surface area contributed by atoms with Crippen molar-refractivity contribution in [1.82, 2.24) is 4.57 Å². The molecule has 5 heteroatoms. The molecule has 0 saturated carbocycles. The van der Waals surface area contributed by atoms with E-state index in [0.717, 1.165) is 38.4 Å². The summed E-state index contributed by atoms with van der Waals surface area (Å²) in [6.45, 7) is 4.04. The van der Waals surface area contributed by atoms with Gasteiger partial charge < -0.3 is 18.9 Å². The second kappa shape index (κ2) is 10.8. The van der Waals surface area contributed by atoms with Gasteiger partial charge in [-0.1, -0.05) is 30.3 Å². The molecular weight excluding hydrogens is 367 g/mol. The zero-order valence-corrected chi connectivity index (χ0v) is 17.2. The number of ether oxygens (including phenoxy) is 2. The van der Waals surface area contributed by atoms with E-state index < -0.39 is 0 Å². The van der Waals surface area contributed by atoms with E-state index in [4.69, 9.17) is 9.47 Å². The van der Waals surface area contributed by atoms with Gasteiger partial charge in [-0.25, -0.2) is 4.39 Å². The SMILES string of the molecule is COCCC[NH+](Cc1cccc(OC)c1)Cc1cccn1Cc1ccccc1F. The Labute approximate surface area is 172 Å². The summed E-state index contributed by atoms with van der Waals surface area (Å²) in [6.07, 6.45) is 3.02. The third-order valence-electron chi connectivity index (χ3n) is 5.12. The number of hydrogen-bond donors (Lipinski definition) is 1. The molecule has 0 amide bonds. The first kappa shape index (κ1) is 21.1. The van der Waals surface area contributed by atoms with Gasteiger partial charge in [-0.2, -0.15) is 0 Å². The lowest BCUT2D eigenvalue weighted by Crippen LogP contribution is -3.09. The molecular formula is C24H30FN2O2+. The lowest BCUT2D eigenvalue weighted by molar-refractivity contribution is -0.928. The fourth-order valence-corrected chi connectivity index (χ4v) is 3.61. The fraction of sp³-hybridized carbons (Fsp3) is 0.333. The quantitative estimate of drug-likeness (QED) is 0.503. The van der Waals surface area contributed by atoms with Crippen LogP contribution >= 0.6 is 0 Å². The van der Waals surface area contributed by atoms with Gasteiger partial charge in [0.1, 0.15) is 24.7 Å². The van der Waals surface area contributed by atoms with Gasteiger partial charge in [0, 0.05) is 30.9 Å². The molecule has 0 bridgehead atoms. The van der Waals surface area contributed by atoms with Gasteiger partial charge in [0.2, 0.25) is 0 Å². The van der Waals surface area contributed by atoms with Gasteiger partial charge in [0.15, 0.2) is 0 Å². The van der Waals surface area contributed by atoms with E-state index in [-0.39, 0.29) is 5.82 Å². The van der Waals surface area contributed by atoms with Crippen LogP contribution in [0.15, 0.2) is 66.9 Å². The number of nitrogens with zero attached hydrogens (tertiary/aromatic N) is 1. The summed E-state index contributed by atoms with van der Waals surface area (Å²) in [5.41, 5.74) is 3.14. The lowest BCUT2D eigenvalue weighted by atomic mass is 10.2. The summed E-state index contributed by atoms with van der Waals surface area (Å²) in [6, 6.07) is 19.4. The minimum atomic E-state index is -0.159. The molecule has 0 fully saturated rings. The van der Waals surface area contributed by atoms with Crippen molar-refractivity contribution in [2.24, 2.45) is 0 Å². The smallest absolute Gasteiger partial charge is 0.128 e. The second-order valence-electron chi connectivity index (χ2n) is 7.27. The van der Waals surface area contributed by atoms with E-state index >= 15 is 0 Å². The van der Waals surface area contributed by atoms with E-state index in [1.54, 1.807) is 20.3 Å². The highest BCUT2D eigenvalue weighted by molar-refractivity contribution is 5.27. The van der Waals surface area contributed by atoms with Crippen LogP contribution in [0.2, 0.25) is 0 Å². The van der Waals surface area contributed by atoms with Crippen LogP contribution in [-0.4, -0.2) is 31.9 Å². The number of benzene rings is 2. The zero-order chi connectivity index (χ0) is 20.5. The number of rotatable bonds is 11. The first-order chi connectivity index (χ1) is 14.2. The average molecular weight is 398 g/mol. The van der Waals surface area contributed by atoms with Gasteiger partial charge in [-0.3, -0.25) is 0 Å². The van der Waals surface area contributed by atoms with Crippen molar-refractivity contribution in [3.05, 3.63) is 89.5 Å². The molecule has 3 aromatic rings. The molecule has 154 valence electrons. The van der Waals surface area contributed by atoms with Crippen LogP contribution in [0.4, 0.5) is 4.39 Å². The third kappa shape index (κ3) is 6.17. The van der Waals surface area contributed by atoms with Crippen LogP contribution < -0.4 is 9.64 Å². The van der Waals surface area contributed by atoms with E-state index in [0.29, 0.717) is 12.1 Å².